The summed E-state index contributed by atoms with van der Waals surface area (Å²) in [6.45, 7) is 0.831. The quantitative estimate of drug-likeness (QED) is 0.781. The van der Waals surface area contributed by atoms with Crippen LogP contribution >= 0.6 is 23.2 Å². The molecular weight excluding hydrogens is 235 g/mol. The first-order chi connectivity index (χ1) is 7.24. The maximum Gasteiger partial charge on any atom is 0.139 e. The van der Waals surface area contributed by atoms with Crippen molar-refractivity contribution in [2.45, 2.75) is 19.3 Å². The van der Waals surface area contributed by atoms with Crippen LogP contribution in [0.1, 0.15) is 19.3 Å². The normalized spacial score (nSPS) is 10.3. The van der Waals surface area contributed by atoms with Gasteiger partial charge >= 0.3 is 0 Å². The molecule has 0 unspecified atom stereocenters. The molecule has 0 spiro atoms. The Morgan fingerprint density at radius 1 is 1.13 bits per heavy atom. The van der Waals surface area contributed by atoms with E-state index < -0.39 is 0 Å². The summed E-state index contributed by atoms with van der Waals surface area (Å²) in [5.74, 6) is 0.619. The molecule has 0 atom stereocenters. The van der Waals surface area contributed by atoms with E-state index in [1.54, 1.807) is 18.2 Å². The van der Waals surface area contributed by atoms with E-state index in [2.05, 4.69) is 0 Å². The lowest BCUT2D eigenvalue weighted by atomic mass is 10.2. The molecule has 1 aromatic rings. The molecule has 0 radical (unpaired) electrons. The van der Waals surface area contributed by atoms with Crippen molar-refractivity contribution in [2.24, 2.45) is 0 Å². The Hall–Kier alpha value is -0.440. The van der Waals surface area contributed by atoms with E-state index in [4.69, 9.17) is 33.0 Å². The molecule has 1 aromatic carbocycles. The van der Waals surface area contributed by atoms with E-state index in [1.165, 1.54) is 0 Å². The number of halogens is 2. The summed E-state index contributed by atoms with van der Waals surface area (Å²) in [4.78, 5) is 0. The summed E-state index contributed by atoms with van der Waals surface area (Å²) >= 11 is 11.7. The number of aliphatic hydroxyl groups excluding tert-OH is 1. The zero-order chi connectivity index (χ0) is 11.1. The number of rotatable bonds is 6. The van der Waals surface area contributed by atoms with Crippen LogP contribution in [0.4, 0.5) is 0 Å². The molecule has 4 heteroatoms. The molecule has 0 amide bonds. The van der Waals surface area contributed by atoms with Crippen molar-refractivity contribution >= 4 is 23.2 Å². The Morgan fingerprint density at radius 2 is 1.93 bits per heavy atom. The molecular formula is C11H14Cl2O2. The first kappa shape index (κ1) is 12.6. The van der Waals surface area contributed by atoms with Crippen molar-refractivity contribution in [3.8, 4) is 5.75 Å². The van der Waals surface area contributed by atoms with E-state index in [-0.39, 0.29) is 6.61 Å². The van der Waals surface area contributed by atoms with Crippen LogP contribution in [0.3, 0.4) is 0 Å². The first-order valence-corrected chi connectivity index (χ1v) is 5.68. The van der Waals surface area contributed by atoms with Crippen molar-refractivity contribution in [1.82, 2.24) is 0 Å². The van der Waals surface area contributed by atoms with E-state index in [0.29, 0.717) is 22.4 Å². The highest BCUT2D eigenvalue weighted by atomic mass is 35.5. The molecule has 15 heavy (non-hydrogen) atoms. The van der Waals surface area contributed by atoms with Gasteiger partial charge in [-0.2, -0.15) is 0 Å². The number of ether oxygens (including phenoxy) is 1. The Morgan fingerprint density at radius 3 is 2.67 bits per heavy atom. The van der Waals surface area contributed by atoms with Crippen molar-refractivity contribution in [2.75, 3.05) is 13.2 Å². The van der Waals surface area contributed by atoms with E-state index >= 15 is 0 Å². The SMILES string of the molecule is OCCCCCOc1cc(Cl)ccc1Cl. The number of unbranched alkanes of at least 4 members (excludes halogenated alkanes) is 2. The lowest BCUT2D eigenvalue weighted by Gasteiger charge is -2.07. The Labute approximate surface area is 99.8 Å². The molecule has 0 bridgehead atoms. The van der Waals surface area contributed by atoms with Gasteiger partial charge in [0.1, 0.15) is 5.75 Å². The van der Waals surface area contributed by atoms with Crippen LogP contribution in [-0.2, 0) is 0 Å². The van der Waals surface area contributed by atoms with Crippen LogP contribution in [0, 0.1) is 0 Å². The van der Waals surface area contributed by atoms with Gasteiger partial charge in [-0.25, -0.2) is 0 Å². The molecule has 0 aromatic heterocycles. The summed E-state index contributed by atoms with van der Waals surface area (Å²) in [5, 5.41) is 9.77. The second kappa shape index (κ2) is 6.94. The summed E-state index contributed by atoms with van der Waals surface area (Å²) in [7, 11) is 0. The number of hydrogen-bond donors (Lipinski definition) is 1. The minimum atomic E-state index is 0.234. The minimum Gasteiger partial charge on any atom is -0.492 e. The van der Waals surface area contributed by atoms with Crippen LogP contribution in [0.5, 0.6) is 5.75 Å². The predicted molar refractivity (Wildman–Crippen MR) is 62.9 cm³/mol. The molecule has 0 aliphatic heterocycles. The molecule has 84 valence electrons. The third-order valence-corrected chi connectivity index (χ3v) is 2.50. The zero-order valence-corrected chi connectivity index (χ0v) is 9.89. The van der Waals surface area contributed by atoms with Gasteiger partial charge in [0.15, 0.2) is 0 Å². The Balaban J connectivity index is 2.33. The first-order valence-electron chi connectivity index (χ1n) is 4.93. The molecule has 0 fully saturated rings. The second-order valence-electron chi connectivity index (χ2n) is 3.21. The van der Waals surface area contributed by atoms with Gasteiger partial charge in [-0.1, -0.05) is 23.2 Å². The largest absolute Gasteiger partial charge is 0.492 e. The maximum atomic E-state index is 8.58. The fraction of sp³-hybridized carbons (Fsp3) is 0.455. The molecule has 0 heterocycles. The highest BCUT2D eigenvalue weighted by Crippen LogP contribution is 2.27. The smallest absolute Gasteiger partial charge is 0.139 e. The average molecular weight is 249 g/mol. The Kier molecular flexibility index (Phi) is 5.84. The van der Waals surface area contributed by atoms with E-state index in [0.717, 1.165) is 19.3 Å². The monoisotopic (exact) mass is 248 g/mol. The molecule has 0 aliphatic rings. The third kappa shape index (κ3) is 4.74. The molecule has 2 nitrogen and oxygen atoms in total. The molecule has 0 saturated carbocycles. The van der Waals surface area contributed by atoms with E-state index in [1.807, 2.05) is 0 Å². The molecule has 0 saturated heterocycles. The summed E-state index contributed by atoms with van der Waals surface area (Å²) < 4.78 is 5.47. The van der Waals surface area contributed by atoms with Crippen molar-refractivity contribution in [3.63, 3.8) is 0 Å². The zero-order valence-electron chi connectivity index (χ0n) is 8.38. The fourth-order valence-corrected chi connectivity index (χ4v) is 1.49. The van der Waals surface area contributed by atoms with Gasteiger partial charge in [-0.15, -0.1) is 0 Å². The fourth-order valence-electron chi connectivity index (χ4n) is 1.16. The van der Waals surface area contributed by atoms with Crippen LogP contribution in [0.2, 0.25) is 10.0 Å². The van der Waals surface area contributed by atoms with Gasteiger partial charge in [0.25, 0.3) is 0 Å². The number of benzene rings is 1. The molecule has 1 N–H and O–H groups in total. The van der Waals surface area contributed by atoms with E-state index in [9.17, 15) is 0 Å². The van der Waals surface area contributed by atoms with Gasteiger partial charge in [-0.3, -0.25) is 0 Å². The van der Waals surface area contributed by atoms with Gasteiger partial charge < -0.3 is 9.84 Å². The summed E-state index contributed by atoms with van der Waals surface area (Å²) in [5.41, 5.74) is 0. The lowest BCUT2D eigenvalue weighted by Crippen LogP contribution is -1.98. The minimum absolute atomic E-state index is 0.234. The Bertz CT molecular complexity index is 303. The number of hydrogen-bond acceptors (Lipinski definition) is 2. The topological polar surface area (TPSA) is 29.5 Å². The lowest BCUT2D eigenvalue weighted by molar-refractivity contribution is 0.266. The summed E-state index contributed by atoms with van der Waals surface area (Å²) in [6.07, 6.45) is 2.67. The third-order valence-electron chi connectivity index (χ3n) is 1.95. The van der Waals surface area contributed by atoms with Crippen LogP contribution in [0.25, 0.3) is 0 Å². The van der Waals surface area contributed by atoms with Crippen LogP contribution < -0.4 is 4.74 Å². The van der Waals surface area contributed by atoms with Crippen molar-refractivity contribution in [3.05, 3.63) is 28.2 Å². The highest BCUT2D eigenvalue weighted by Gasteiger charge is 2.01. The standard InChI is InChI=1S/C11H14Cl2O2/c12-9-4-5-10(13)11(8-9)15-7-3-1-2-6-14/h4-5,8,14H,1-3,6-7H2. The van der Waals surface area contributed by atoms with Crippen molar-refractivity contribution < 1.29 is 9.84 Å². The molecule has 0 aliphatic carbocycles. The molecule has 1 rings (SSSR count). The average Bonchev–Trinajstić information content (AvgIpc) is 2.23. The number of aliphatic hydroxyl groups is 1. The van der Waals surface area contributed by atoms with Crippen LogP contribution in [0.15, 0.2) is 18.2 Å². The van der Waals surface area contributed by atoms with Gasteiger partial charge in [0, 0.05) is 17.7 Å². The highest BCUT2D eigenvalue weighted by molar-refractivity contribution is 6.34. The van der Waals surface area contributed by atoms with Crippen LogP contribution in [-0.4, -0.2) is 18.3 Å². The van der Waals surface area contributed by atoms with Gasteiger partial charge in [0.2, 0.25) is 0 Å². The van der Waals surface area contributed by atoms with Gasteiger partial charge in [-0.05, 0) is 31.4 Å². The maximum absolute atomic E-state index is 8.58. The second-order valence-corrected chi connectivity index (χ2v) is 4.05. The van der Waals surface area contributed by atoms with Gasteiger partial charge in [0.05, 0.1) is 11.6 Å². The van der Waals surface area contributed by atoms with Crippen molar-refractivity contribution in [1.29, 1.82) is 0 Å². The summed E-state index contributed by atoms with van der Waals surface area (Å²) in [6, 6.07) is 5.14. The predicted octanol–water partition coefficient (Wildman–Crippen LogP) is 3.53.